The third kappa shape index (κ3) is 4.54. The number of carbonyl (C=O) groups excluding carboxylic acids is 2. The lowest BCUT2D eigenvalue weighted by molar-refractivity contribution is -0.133. The molecule has 6 nitrogen and oxygen atoms in total. The van der Waals surface area contributed by atoms with Crippen LogP contribution in [0.5, 0.6) is 0 Å². The fourth-order valence-corrected chi connectivity index (χ4v) is 4.28. The lowest BCUT2D eigenvalue weighted by atomic mass is 10.0. The van der Waals surface area contributed by atoms with Gasteiger partial charge in [-0.2, -0.15) is 0 Å². The summed E-state index contributed by atoms with van der Waals surface area (Å²) in [5.41, 5.74) is 5.38. The van der Waals surface area contributed by atoms with E-state index >= 15 is 0 Å². The number of hydrogen-bond acceptors (Lipinski definition) is 3. The van der Waals surface area contributed by atoms with Crippen molar-refractivity contribution in [2.75, 3.05) is 31.1 Å². The molecule has 2 fully saturated rings. The third-order valence-electron chi connectivity index (χ3n) is 5.99. The van der Waals surface area contributed by atoms with Crippen LogP contribution in [0, 0.1) is 34.9 Å². The number of halogens is 6. The number of carbonyl (C=O) groups is 2. The minimum absolute atomic E-state index is 0.0449. The van der Waals surface area contributed by atoms with Crippen molar-refractivity contribution in [1.29, 1.82) is 0 Å². The molecule has 2 atom stereocenters. The number of benzene rings is 2. The second kappa shape index (κ2) is 9.16. The molecule has 4 rings (SSSR count). The highest BCUT2D eigenvalue weighted by Crippen LogP contribution is 2.30. The second-order valence-corrected chi connectivity index (χ2v) is 8.32. The molecule has 0 aliphatic carbocycles. The van der Waals surface area contributed by atoms with Crippen molar-refractivity contribution >= 4 is 17.6 Å². The predicted molar refractivity (Wildman–Crippen MR) is 109 cm³/mol. The average Bonchev–Trinajstić information content (AvgIpc) is 3.10. The standard InChI is InChI=1S/C22H20F6N4O2/c23-14-6-16(25)15(24)4-11(14)3-12(29)5-21(33)30-1-2-31-13(9-30)10-32(22(31)34)20-8-18(27)17(26)7-19(20)28/h4,6-8,12-13H,1-3,5,9-10,29H2/t12-,13?/m1/s1. The second-order valence-electron chi connectivity index (χ2n) is 8.32. The molecule has 0 spiro atoms. The number of nitrogens with zero attached hydrogens (tertiary/aromatic N) is 3. The van der Waals surface area contributed by atoms with Gasteiger partial charge in [0.1, 0.15) is 11.6 Å². The first-order valence-corrected chi connectivity index (χ1v) is 10.4. The van der Waals surface area contributed by atoms with Gasteiger partial charge in [-0.25, -0.2) is 31.1 Å². The predicted octanol–water partition coefficient (Wildman–Crippen LogP) is 2.93. The van der Waals surface area contributed by atoms with Crippen LogP contribution < -0.4 is 10.6 Å². The molecule has 0 saturated carbocycles. The van der Waals surface area contributed by atoms with Crippen molar-refractivity contribution in [3.05, 3.63) is 64.7 Å². The Bertz CT molecular complexity index is 1150. The average molecular weight is 486 g/mol. The molecule has 12 heteroatoms. The molecule has 2 aliphatic heterocycles. The molecule has 2 aromatic rings. The molecule has 0 aromatic heterocycles. The van der Waals surface area contributed by atoms with Gasteiger partial charge >= 0.3 is 6.03 Å². The van der Waals surface area contributed by atoms with Crippen LogP contribution in [0.25, 0.3) is 0 Å². The smallest absolute Gasteiger partial charge is 0.325 e. The van der Waals surface area contributed by atoms with Crippen LogP contribution in [0.15, 0.2) is 24.3 Å². The van der Waals surface area contributed by atoms with Crippen LogP contribution in [0.1, 0.15) is 12.0 Å². The molecule has 2 aromatic carbocycles. The number of urea groups is 1. The van der Waals surface area contributed by atoms with Gasteiger partial charge in [-0.05, 0) is 18.1 Å². The van der Waals surface area contributed by atoms with E-state index in [4.69, 9.17) is 5.73 Å². The Kier molecular flexibility index (Phi) is 6.43. The lowest BCUT2D eigenvalue weighted by Gasteiger charge is -2.36. The van der Waals surface area contributed by atoms with Gasteiger partial charge in [-0.15, -0.1) is 0 Å². The molecular weight excluding hydrogens is 466 g/mol. The van der Waals surface area contributed by atoms with E-state index in [0.717, 1.165) is 4.90 Å². The molecule has 1 unspecified atom stereocenters. The highest BCUT2D eigenvalue weighted by atomic mass is 19.2. The molecule has 3 amide bonds. The van der Waals surface area contributed by atoms with Gasteiger partial charge < -0.3 is 15.5 Å². The summed E-state index contributed by atoms with van der Waals surface area (Å²) in [6.45, 7) is 0.334. The normalized spacial score (nSPS) is 19.0. The van der Waals surface area contributed by atoms with Crippen LogP contribution >= 0.6 is 0 Å². The molecule has 182 valence electrons. The van der Waals surface area contributed by atoms with E-state index in [2.05, 4.69) is 0 Å². The first-order valence-electron chi connectivity index (χ1n) is 10.4. The fraction of sp³-hybridized carbons (Fsp3) is 0.364. The number of amides is 3. The zero-order valence-corrected chi connectivity index (χ0v) is 17.7. The molecule has 34 heavy (non-hydrogen) atoms. The zero-order chi connectivity index (χ0) is 24.7. The van der Waals surface area contributed by atoms with Gasteiger partial charge in [0.15, 0.2) is 23.3 Å². The summed E-state index contributed by atoms with van der Waals surface area (Å²) >= 11 is 0. The molecule has 2 saturated heterocycles. The summed E-state index contributed by atoms with van der Waals surface area (Å²) < 4.78 is 81.3. The summed E-state index contributed by atoms with van der Waals surface area (Å²) in [5.74, 6) is -7.66. The van der Waals surface area contributed by atoms with E-state index in [0.29, 0.717) is 24.3 Å². The molecule has 2 aliphatic rings. The quantitative estimate of drug-likeness (QED) is 0.522. The van der Waals surface area contributed by atoms with Gasteiger partial charge in [0.05, 0.1) is 18.3 Å². The number of piperazine rings is 1. The maximum absolute atomic E-state index is 14.2. The maximum atomic E-state index is 14.2. The Morgan fingerprint density at radius 3 is 2.21 bits per heavy atom. The van der Waals surface area contributed by atoms with E-state index in [-0.39, 0.29) is 50.5 Å². The Morgan fingerprint density at radius 2 is 1.50 bits per heavy atom. The SMILES string of the molecule is N[C@@H](CC(=O)N1CCN2C(=O)N(c3cc(F)c(F)cc3F)CC2C1)Cc1cc(F)c(F)cc1F. The van der Waals surface area contributed by atoms with Crippen LogP contribution in [-0.4, -0.2) is 60.0 Å². The topological polar surface area (TPSA) is 69.9 Å². The Morgan fingerprint density at radius 1 is 0.882 bits per heavy atom. The Balaban J connectivity index is 1.39. The summed E-state index contributed by atoms with van der Waals surface area (Å²) in [7, 11) is 0. The van der Waals surface area contributed by atoms with Gasteiger partial charge in [-0.3, -0.25) is 9.69 Å². The van der Waals surface area contributed by atoms with E-state index < -0.39 is 58.7 Å². The fourth-order valence-electron chi connectivity index (χ4n) is 4.28. The van der Waals surface area contributed by atoms with E-state index in [9.17, 15) is 35.9 Å². The summed E-state index contributed by atoms with van der Waals surface area (Å²) in [4.78, 5) is 29.3. The van der Waals surface area contributed by atoms with Crippen molar-refractivity contribution in [3.63, 3.8) is 0 Å². The van der Waals surface area contributed by atoms with E-state index in [1.165, 1.54) is 9.80 Å². The van der Waals surface area contributed by atoms with Crippen LogP contribution in [0.4, 0.5) is 36.8 Å². The number of nitrogens with two attached hydrogens (primary N) is 1. The van der Waals surface area contributed by atoms with E-state index in [1.54, 1.807) is 0 Å². The summed E-state index contributed by atoms with van der Waals surface area (Å²) in [6.07, 6.45) is -0.402. The number of fused-ring (bicyclic) bond motifs is 1. The minimum atomic E-state index is -1.37. The maximum Gasteiger partial charge on any atom is 0.325 e. The molecule has 0 radical (unpaired) electrons. The summed E-state index contributed by atoms with van der Waals surface area (Å²) in [6, 6.07) is 0.108. The molecular formula is C22H20F6N4O2. The number of anilines is 1. The minimum Gasteiger partial charge on any atom is -0.339 e. The first kappa shape index (κ1) is 23.9. The van der Waals surface area contributed by atoms with Gasteiger partial charge in [0.2, 0.25) is 5.91 Å². The van der Waals surface area contributed by atoms with Gasteiger partial charge in [0, 0.05) is 50.3 Å². The molecule has 0 bridgehead atoms. The highest BCUT2D eigenvalue weighted by molar-refractivity contribution is 5.95. The van der Waals surface area contributed by atoms with Crippen molar-refractivity contribution in [3.8, 4) is 0 Å². The zero-order valence-electron chi connectivity index (χ0n) is 17.7. The molecule has 2 N–H and O–H groups in total. The van der Waals surface area contributed by atoms with Crippen LogP contribution in [0.3, 0.4) is 0 Å². The van der Waals surface area contributed by atoms with Crippen LogP contribution in [0.2, 0.25) is 0 Å². The van der Waals surface area contributed by atoms with Gasteiger partial charge in [-0.1, -0.05) is 0 Å². The number of hydrogen-bond donors (Lipinski definition) is 1. The van der Waals surface area contributed by atoms with E-state index in [1.807, 2.05) is 0 Å². The largest absolute Gasteiger partial charge is 0.339 e. The third-order valence-corrected chi connectivity index (χ3v) is 5.99. The van der Waals surface area contributed by atoms with Crippen molar-refractivity contribution in [2.24, 2.45) is 5.73 Å². The lowest BCUT2D eigenvalue weighted by Crippen LogP contribution is -2.54. The summed E-state index contributed by atoms with van der Waals surface area (Å²) in [5, 5.41) is 0. The van der Waals surface area contributed by atoms with Crippen molar-refractivity contribution < 1.29 is 35.9 Å². The Hall–Kier alpha value is -3.28. The van der Waals surface area contributed by atoms with Gasteiger partial charge in [0.25, 0.3) is 0 Å². The monoisotopic (exact) mass is 486 g/mol. The first-order chi connectivity index (χ1) is 16.0. The van der Waals surface area contributed by atoms with Crippen molar-refractivity contribution in [1.82, 2.24) is 9.80 Å². The highest BCUT2D eigenvalue weighted by Gasteiger charge is 2.43. The number of rotatable bonds is 5. The van der Waals surface area contributed by atoms with Crippen LogP contribution in [-0.2, 0) is 11.2 Å². The van der Waals surface area contributed by atoms with Crippen molar-refractivity contribution in [2.45, 2.75) is 24.9 Å². The molecule has 2 heterocycles. The Labute approximate surface area is 190 Å².